The van der Waals surface area contributed by atoms with Gasteiger partial charge >= 0.3 is 6.36 Å². The standard InChI is InChI=1S/C15H25F3N2O2/c1-11(5-4-6-14(21)20-7-2-3-8-20)19-12-9-13(10-12)22-15(16,17)18/h11-13,19H,2-10H2,1H3. The number of rotatable bonds is 7. The Bertz CT molecular complexity index is 364. The number of amides is 1. The van der Waals surface area contributed by atoms with Crippen LogP contribution < -0.4 is 5.32 Å². The molecule has 1 heterocycles. The smallest absolute Gasteiger partial charge is 0.343 e. The molecule has 0 aromatic carbocycles. The summed E-state index contributed by atoms with van der Waals surface area (Å²) in [7, 11) is 0. The first kappa shape index (κ1) is 17.5. The van der Waals surface area contributed by atoms with E-state index in [0.717, 1.165) is 38.8 Å². The van der Waals surface area contributed by atoms with Gasteiger partial charge in [0.25, 0.3) is 0 Å². The molecule has 1 aliphatic heterocycles. The molecule has 2 fully saturated rings. The second kappa shape index (κ2) is 7.64. The number of likely N-dealkylation sites (tertiary alicyclic amines) is 1. The number of ether oxygens (including phenoxy) is 1. The summed E-state index contributed by atoms with van der Waals surface area (Å²) in [4.78, 5) is 13.8. The zero-order chi connectivity index (χ0) is 16.2. The Hall–Kier alpha value is -0.820. The summed E-state index contributed by atoms with van der Waals surface area (Å²) in [6, 6.07) is 0.305. The van der Waals surface area contributed by atoms with E-state index in [1.54, 1.807) is 0 Å². The molecule has 1 unspecified atom stereocenters. The minimum Gasteiger partial charge on any atom is -0.343 e. The number of carbonyl (C=O) groups excluding carboxylic acids is 1. The van der Waals surface area contributed by atoms with Crippen LogP contribution in [0.5, 0.6) is 0 Å². The van der Waals surface area contributed by atoms with Gasteiger partial charge in [-0.15, -0.1) is 13.2 Å². The topological polar surface area (TPSA) is 41.6 Å². The zero-order valence-electron chi connectivity index (χ0n) is 13.0. The van der Waals surface area contributed by atoms with Gasteiger partial charge in [-0.05, 0) is 45.4 Å². The molecule has 1 saturated carbocycles. The summed E-state index contributed by atoms with van der Waals surface area (Å²) in [5.74, 6) is 0.229. The van der Waals surface area contributed by atoms with Crippen molar-refractivity contribution in [2.24, 2.45) is 0 Å². The number of alkyl halides is 3. The maximum atomic E-state index is 12.0. The molecule has 7 heteroatoms. The largest absolute Gasteiger partial charge is 0.522 e. The molecule has 4 nitrogen and oxygen atoms in total. The molecule has 1 amide bonds. The van der Waals surface area contributed by atoms with Gasteiger partial charge in [0.1, 0.15) is 0 Å². The number of hydrogen-bond donors (Lipinski definition) is 1. The molecule has 2 rings (SSSR count). The number of nitrogens with one attached hydrogen (secondary N) is 1. The lowest BCUT2D eigenvalue weighted by molar-refractivity contribution is -0.352. The fraction of sp³-hybridized carbons (Fsp3) is 0.933. The summed E-state index contributed by atoms with van der Waals surface area (Å²) in [6.45, 7) is 3.78. The van der Waals surface area contributed by atoms with Gasteiger partial charge in [-0.1, -0.05) is 0 Å². The van der Waals surface area contributed by atoms with Gasteiger partial charge in [0.15, 0.2) is 0 Å². The molecule has 1 atom stereocenters. The van der Waals surface area contributed by atoms with E-state index in [1.165, 1.54) is 0 Å². The fourth-order valence-corrected chi connectivity index (χ4v) is 3.16. The van der Waals surface area contributed by atoms with Gasteiger partial charge in [0, 0.05) is 31.6 Å². The lowest BCUT2D eigenvalue weighted by Crippen LogP contribution is -2.49. The molecule has 0 radical (unpaired) electrons. The lowest BCUT2D eigenvalue weighted by Gasteiger charge is -2.37. The molecule has 0 bridgehead atoms. The third-order valence-electron chi connectivity index (χ3n) is 4.40. The van der Waals surface area contributed by atoms with E-state index < -0.39 is 12.5 Å². The first-order valence-electron chi connectivity index (χ1n) is 8.12. The number of carbonyl (C=O) groups is 1. The molecule has 22 heavy (non-hydrogen) atoms. The van der Waals surface area contributed by atoms with Crippen LogP contribution in [0.4, 0.5) is 13.2 Å². The van der Waals surface area contributed by atoms with Crippen LogP contribution >= 0.6 is 0 Å². The SMILES string of the molecule is CC(CCCC(=O)N1CCCC1)NC1CC(OC(F)(F)F)C1. The maximum Gasteiger partial charge on any atom is 0.522 e. The van der Waals surface area contributed by atoms with E-state index in [1.807, 2.05) is 11.8 Å². The second-order valence-corrected chi connectivity index (χ2v) is 6.40. The van der Waals surface area contributed by atoms with Crippen LogP contribution in [0.3, 0.4) is 0 Å². The molecule has 0 aromatic heterocycles. The van der Waals surface area contributed by atoms with Crippen molar-refractivity contribution in [2.45, 2.75) is 76.4 Å². The summed E-state index contributed by atoms with van der Waals surface area (Å²) in [6.07, 6.45) is 0.0147. The number of halogens is 3. The summed E-state index contributed by atoms with van der Waals surface area (Å²) >= 11 is 0. The molecule has 2 aliphatic rings. The zero-order valence-corrected chi connectivity index (χ0v) is 13.0. The lowest BCUT2D eigenvalue weighted by atomic mass is 9.88. The van der Waals surface area contributed by atoms with Gasteiger partial charge in [-0.25, -0.2) is 0 Å². The van der Waals surface area contributed by atoms with Crippen molar-refractivity contribution in [1.82, 2.24) is 10.2 Å². The highest BCUT2D eigenvalue weighted by atomic mass is 19.4. The third kappa shape index (κ3) is 5.76. The Morgan fingerprint density at radius 1 is 1.32 bits per heavy atom. The van der Waals surface area contributed by atoms with E-state index in [9.17, 15) is 18.0 Å². The third-order valence-corrected chi connectivity index (χ3v) is 4.40. The maximum absolute atomic E-state index is 12.0. The van der Waals surface area contributed by atoms with Crippen molar-refractivity contribution in [3.63, 3.8) is 0 Å². The Morgan fingerprint density at radius 2 is 1.95 bits per heavy atom. The molecule has 1 aliphatic carbocycles. The van der Waals surface area contributed by atoms with Crippen molar-refractivity contribution in [2.75, 3.05) is 13.1 Å². The molecule has 0 spiro atoms. The van der Waals surface area contributed by atoms with Gasteiger partial charge in [0.05, 0.1) is 6.10 Å². The minimum absolute atomic E-state index is 0.0941. The van der Waals surface area contributed by atoms with Crippen molar-refractivity contribution < 1.29 is 22.7 Å². The highest BCUT2D eigenvalue weighted by Crippen LogP contribution is 2.30. The molecule has 1 N–H and O–H groups in total. The monoisotopic (exact) mass is 322 g/mol. The average molecular weight is 322 g/mol. The molecule has 1 saturated heterocycles. The molecular weight excluding hydrogens is 297 g/mol. The predicted molar refractivity (Wildman–Crippen MR) is 76.2 cm³/mol. The fourth-order valence-electron chi connectivity index (χ4n) is 3.16. The number of hydrogen-bond acceptors (Lipinski definition) is 3. The van der Waals surface area contributed by atoms with Crippen molar-refractivity contribution in [3.8, 4) is 0 Å². The Balaban J connectivity index is 1.52. The highest BCUT2D eigenvalue weighted by molar-refractivity contribution is 5.76. The summed E-state index contributed by atoms with van der Waals surface area (Å²) in [5, 5.41) is 3.30. The highest BCUT2D eigenvalue weighted by Gasteiger charge is 2.40. The van der Waals surface area contributed by atoms with Crippen LogP contribution in [0.15, 0.2) is 0 Å². The van der Waals surface area contributed by atoms with E-state index in [-0.39, 0.29) is 18.0 Å². The second-order valence-electron chi connectivity index (χ2n) is 6.40. The van der Waals surface area contributed by atoms with Gasteiger partial charge < -0.3 is 10.2 Å². The van der Waals surface area contributed by atoms with Gasteiger partial charge in [-0.2, -0.15) is 0 Å². The van der Waals surface area contributed by atoms with E-state index in [4.69, 9.17) is 0 Å². The van der Waals surface area contributed by atoms with Crippen LogP contribution in [0.2, 0.25) is 0 Å². The number of nitrogens with zero attached hydrogens (tertiary/aromatic N) is 1. The van der Waals surface area contributed by atoms with E-state index in [2.05, 4.69) is 10.1 Å². The first-order chi connectivity index (χ1) is 10.3. The van der Waals surface area contributed by atoms with Crippen molar-refractivity contribution in [1.29, 1.82) is 0 Å². The quantitative estimate of drug-likeness (QED) is 0.784. The minimum atomic E-state index is -4.53. The summed E-state index contributed by atoms with van der Waals surface area (Å²) < 4.78 is 40.0. The first-order valence-corrected chi connectivity index (χ1v) is 8.12. The Morgan fingerprint density at radius 3 is 2.55 bits per heavy atom. The van der Waals surface area contributed by atoms with Crippen LogP contribution in [-0.4, -0.2) is 48.4 Å². The molecular formula is C15H25F3N2O2. The Labute approximate surface area is 129 Å². The van der Waals surface area contributed by atoms with Crippen molar-refractivity contribution >= 4 is 5.91 Å². The van der Waals surface area contributed by atoms with Gasteiger partial charge in [0.2, 0.25) is 5.91 Å². The molecule has 128 valence electrons. The van der Waals surface area contributed by atoms with E-state index >= 15 is 0 Å². The predicted octanol–water partition coefficient (Wildman–Crippen LogP) is 2.82. The van der Waals surface area contributed by atoms with Gasteiger partial charge in [-0.3, -0.25) is 9.53 Å². The van der Waals surface area contributed by atoms with Crippen LogP contribution in [-0.2, 0) is 9.53 Å². The van der Waals surface area contributed by atoms with Crippen LogP contribution in [0.1, 0.15) is 51.9 Å². The molecule has 0 aromatic rings. The average Bonchev–Trinajstić information content (AvgIpc) is 2.88. The normalized spacial score (nSPS) is 26.8. The van der Waals surface area contributed by atoms with Crippen LogP contribution in [0.25, 0.3) is 0 Å². The van der Waals surface area contributed by atoms with E-state index in [0.29, 0.717) is 19.3 Å². The van der Waals surface area contributed by atoms with Crippen LogP contribution in [0, 0.1) is 0 Å². The Kier molecular flexibility index (Phi) is 6.09. The summed E-state index contributed by atoms with van der Waals surface area (Å²) in [5.41, 5.74) is 0. The van der Waals surface area contributed by atoms with Crippen molar-refractivity contribution in [3.05, 3.63) is 0 Å².